The molecule has 12 heteroatoms. The summed E-state index contributed by atoms with van der Waals surface area (Å²) in [6.07, 6.45) is 0.505. The zero-order chi connectivity index (χ0) is 30.5. The van der Waals surface area contributed by atoms with E-state index in [4.69, 9.17) is 5.73 Å². The van der Waals surface area contributed by atoms with Gasteiger partial charge in [-0.2, -0.15) is 0 Å². The molecule has 4 atom stereocenters. The van der Waals surface area contributed by atoms with E-state index in [1.165, 1.54) is 19.1 Å². The number of carbonyl (C=O) groups excluding carboxylic acids is 4. The molecule has 0 aliphatic carbocycles. The predicted molar refractivity (Wildman–Crippen MR) is 151 cm³/mol. The Morgan fingerprint density at radius 1 is 0.756 bits per heavy atom. The Morgan fingerprint density at radius 2 is 1.37 bits per heavy atom. The summed E-state index contributed by atoms with van der Waals surface area (Å²) in [5, 5.41) is 28.8. The zero-order valence-electron chi connectivity index (χ0n) is 23.4. The molecule has 2 aromatic rings. The van der Waals surface area contributed by atoms with Crippen molar-refractivity contribution < 1.29 is 34.2 Å². The highest BCUT2D eigenvalue weighted by Crippen LogP contribution is 2.11. The number of phenols is 1. The van der Waals surface area contributed by atoms with Gasteiger partial charge >= 0.3 is 5.97 Å². The molecule has 0 fully saturated rings. The molecule has 41 heavy (non-hydrogen) atoms. The Kier molecular flexibility index (Phi) is 12.8. The van der Waals surface area contributed by atoms with Gasteiger partial charge in [-0.05, 0) is 48.9 Å². The highest BCUT2D eigenvalue weighted by atomic mass is 16.4. The predicted octanol–water partition coefficient (Wildman–Crippen LogP) is 0.226. The van der Waals surface area contributed by atoms with E-state index in [9.17, 15) is 34.2 Å². The number of nitrogens with one attached hydrogen (secondary N) is 4. The van der Waals surface area contributed by atoms with Gasteiger partial charge in [0, 0.05) is 6.42 Å². The fraction of sp³-hybridized carbons (Fsp3) is 0.414. The fourth-order valence-electron chi connectivity index (χ4n) is 3.95. The van der Waals surface area contributed by atoms with Crippen molar-refractivity contribution in [2.75, 3.05) is 6.54 Å². The molecule has 0 saturated carbocycles. The molecule has 0 saturated heterocycles. The number of benzene rings is 2. The molecule has 222 valence electrons. The van der Waals surface area contributed by atoms with Gasteiger partial charge in [-0.25, -0.2) is 4.79 Å². The van der Waals surface area contributed by atoms with E-state index in [1.807, 2.05) is 13.8 Å². The number of aliphatic carboxylic acids is 1. The van der Waals surface area contributed by atoms with Gasteiger partial charge < -0.3 is 37.2 Å². The van der Waals surface area contributed by atoms with Gasteiger partial charge in [0.1, 0.15) is 23.9 Å². The first-order valence-corrected chi connectivity index (χ1v) is 13.3. The molecule has 0 bridgehead atoms. The van der Waals surface area contributed by atoms with Gasteiger partial charge in [-0.15, -0.1) is 0 Å². The van der Waals surface area contributed by atoms with E-state index in [0.29, 0.717) is 0 Å². The first-order valence-electron chi connectivity index (χ1n) is 13.3. The van der Waals surface area contributed by atoms with E-state index in [-0.39, 0.29) is 30.9 Å². The van der Waals surface area contributed by atoms with Gasteiger partial charge in [-0.3, -0.25) is 19.2 Å². The van der Waals surface area contributed by atoms with Gasteiger partial charge in [0.2, 0.25) is 23.6 Å². The summed E-state index contributed by atoms with van der Waals surface area (Å²) in [6, 6.07) is 11.0. The third-order valence-electron chi connectivity index (χ3n) is 6.16. The Morgan fingerprint density at radius 3 is 1.95 bits per heavy atom. The summed E-state index contributed by atoms with van der Waals surface area (Å²) >= 11 is 0. The number of hydrogen-bond acceptors (Lipinski definition) is 7. The number of phenolic OH excluding ortho intramolecular Hbond substituents is 1. The Hall–Kier alpha value is -4.45. The molecular weight excluding hydrogens is 530 g/mol. The lowest BCUT2D eigenvalue weighted by Crippen LogP contribution is -2.55. The molecule has 2 unspecified atom stereocenters. The lowest BCUT2D eigenvalue weighted by Gasteiger charge is -2.23. The zero-order valence-corrected chi connectivity index (χ0v) is 23.4. The number of hydrogen-bond donors (Lipinski definition) is 7. The molecule has 0 radical (unpaired) electrons. The molecule has 0 aliphatic heterocycles. The van der Waals surface area contributed by atoms with E-state index < -0.39 is 60.3 Å². The molecule has 2 rings (SSSR count). The third-order valence-corrected chi connectivity index (χ3v) is 6.16. The van der Waals surface area contributed by atoms with Crippen molar-refractivity contribution in [3.05, 3.63) is 65.7 Å². The van der Waals surface area contributed by atoms with Crippen molar-refractivity contribution in [3.63, 3.8) is 0 Å². The van der Waals surface area contributed by atoms with Crippen molar-refractivity contribution >= 4 is 29.6 Å². The van der Waals surface area contributed by atoms with Crippen LogP contribution in [0.15, 0.2) is 54.6 Å². The van der Waals surface area contributed by atoms with Gasteiger partial charge in [0.15, 0.2) is 0 Å². The standard InChI is InChI=1S/C29H39N5O7/c1-17(2)13-24(29(40)41)34-28(39)23(15-19-7-5-4-6-8-19)33-25(36)16-31-26(37)18(3)32-27(38)22(30)14-20-9-11-21(35)12-10-20/h4-12,17-18,22-24,35H,13-16,30H2,1-3H3,(H,31,37)(H,32,38)(H,33,36)(H,34,39)(H,40,41)/t18-,22?,23+,24?/m1/s1. The maximum atomic E-state index is 13.0. The van der Waals surface area contributed by atoms with Crippen LogP contribution in [-0.4, -0.2) is 70.5 Å². The number of carboxylic acid groups (broad SMARTS) is 1. The van der Waals surface area contributed by atoms with Crippen LogP contribution in [0.5, 0.6) is 5.75 Å². The van der Waals surface area contributed by atoms with E-state index >= 15 is 0 Å². The minimum atomic E-state index is -1.18. The topological polar surface area (TPSA) is 200 Å². The first-order chi connectivity index (χ1) is 19.3. The van der Waals surface area contributed by atoms with Crippen LogP contribution in [0.3, 0.4) is 0 Å². The SMILES string of the molecule is CC(C)CC(NC(=O)[C@H](Cc1ccccc1)NC(=O)CNC(=O)[C@@H](C)NC(=O)C(N)Cc1ccc(O)cc1)C(=O)O. The van der Waals surface area contributed by atoms with Crippen LogP contribution in [0.2, 0.25) is 0 Å². The molecular formula is C29H39N5O7. The Balaban J connectivity index is 1.94. The number of nitrogens with two attached hydrogens (primary N) is 1. The van der Waals surface area contributed by atoms with Crippen LogP contribution >= 0.6 is 0 Å². The smallest absolute Gasteiger partial charge is 0.326 e. The average Bonchev–Trinajstić information content (AvgIpc) is 2.92. The van der Waals surface area contributed by atoms with Crippen molar-refractivity contribution in [1.82, 2.24) is 21.3 Å². The molecule has 2 aromatic carbocycles. The summed E-state index contributed by atoms with van der Waals surface area (Å²) in [4.78, 5) is 62.3. The summed E-state index contributed by atoms with van der Waals surface area (Å²) in [5.74, 6) is -3.63. The monoisotopic (exact) mass is 569 g/mol. The van der Waals surface area contributed by atoms with Gasteiger partial charge in [0.05, 0.1) is 12.6 Å². The van der Waals surface area contributed by atoms with Crippen LogP contribution in [0.4, 0.5) is 0 Å². The second-order valence-corrected chi connectivity index (χ2v) is 10.3. The fourth-order valence-corrected chi connectivity index (χ4v) is 3.95. The molecule has 4 amide bonds. The molecule has 12 nitrogen and oxygen atoms in total. The maximum absolute atomic E-state index is 13.0. The normalized spacial score (nSPS) is 13.8. The van der Waals surface area contributed by atoms with Crippen molar-refractivity contribution in [2.45, 2.75) is 64.2 Å². The summed E-state index contributed by atoms with van der Waals surface area (Å²) < 4.78 is 0. The minimum Gasteiger partial charge on any atom is -0.508 e. The quantitative estimate of drug-likeness (QED) is 0.158. The number of rotatable bonds is 15. The molecule has 8 N–H and O–H groups in total. The second-order valence-electron chi connectivity index (χ2n) is 10.3. The number of carbonyl (C=O) groups is 5. The summed E-state index contributed by atoms with van der Waals surface area (Å²) in [7, 11) is 0. The Labute approximate surface area is 239 Å². The molecule has 0 aromatic heterocycles. The number of carboxylic acids is 1. The van der Waals surface area contributed by atoms with Crippen LogP contribution in [0.1, 0.15) is 38.3 Å². The highest BCUT2D eigenvalue weighted by molar-refractivity contribution is 5.94. The van der Waals surface area contributed by atoms with E-state index in [1.54, 1.807) is 42.5 Å². The third kappa shape index (κ3) is 11.7. The largest absolute Gasteiger partial charge is 0.508 e. The van der Waals surface area contributed by atoms with E-state index in [0.717, 1.165) is 11.1 Å². The Bertz CT molecular complexity index is 1190. The van der Waals surface area contributed by atoms with Gasteiger partial charge in [-0.1, -0.05) is 56.3 Å². The lowest BCUT2D eigenvalue weighted by atomic mass is 10.0. The van der Waals surface area contributed by atoms with Crippen molar-refractivity contribution in [3.8, 4) is 5.75 Å². The first kappa shape index (κ1) is 32.8. The minimum absolute atomic E-state index is 0.0126. The summed E-state index contributed by atoms with van der Waals surface area (Å²) in [6.45, 7) is 4.62. The molecule has 0 heterocycles. The summed E-state index contributed by atoms with van der Waals surface area (Å²) in [5.41, 5.74) is 7.41. The average molecular weight is 570 g/mol. The van der Waals surface area contributed by atoms with Crippen LogP contribution in [-0.2, 0) is 36.8 Å². The number of aromatic hydroxyl groups is 1. The molecule has 0 aliphatic rings. The van der Waals surface area contributed by atoms with Crippen LogP contribution in [0, 0.1) is 5.92 Å². The molecule has 0 spiro atoms. The number of amides is 4. The lowest BCUT2D eigenvalue weighted by molar-refractivity contribution is -0.142. The van der Waals surface area contributed by atoms with Crippen LogP contribution < -0.4 is 27.0 Å². The second kappa shape index (κ2) is 16.0. The van der Waals surface area contributed by atoms with Gasteiger partial charge in [0.25, 0.3) is 0 Å². The van der Waals surface area contributed by atoms with Crippen molar-refractivity contribution in [1.29, 1.82) is 0 Å². The van der Waals surface area contributed by atoms with Crippen LogP contribution in [0.25, 0.3) is 0 Å². The van der Waals surface area contributed by atoms with Crippen molar-refractivity contribution in [2.24, 2.45) is 11.7 Å². The van der Waals surface area contributed by atoms with E-state index in [2.05, 4.69) is 21.3 Å². The maximum Gasteiger partial charge on any atom is 0.326 e. The highest BCUT2D eigenvalue weighted by Gasteiger charge is 2.28.